The van der Waals surface area contributed by atoms with Crippen molar-refractivity contribution in [3.8, 4) is 0 Å². The van der Waals surface area contributed by atoms with Gasteiger partial charge in [-0.3, -0.25) is 0 Å². The van der Waals surface area contributed by atoms with E-state index >= 15 is 0 Å². The van der Waals surface area contributed by atoms with Crippen LogP contribution in [0.4, 0.5) is 26.2 Å². The maximum absolute atomic E-state index is 13.0. The molecule has 0 atom stereocenters. The van der Waals surface area contributed by atoms with Crippen molar-refractivity contribution in [1.29, 1.82) is 0 Å². The summed E-state index contributed by atoms with van der Waals surface area (Å²) in [6.45, 7) is 0. The lowest BCUT2D eigenvalue weighted by atomic mass is 10.3. The predicted molar refractivity (Wildman–Crippen MR) is 85.2 cm³/mol. The van der Waals surface area contributed by atoms with Crippen molar-refractivity contribution in [1.82, 2.24) is 0 Å². The van der Waals surface area contributed by atoms with Crippen molar-refractivity contribution in [2.75, 3.05) is 10.6 Å². The molecule has 0 saturated carbocycles. The molecule has 2 aromatic carbocycles. The van der Waals surface area contributed by atoms with Gasteiger partial charge in [-0.25, -0.2) is 9.18 Å². The van der Waals surface area contributed by atoms with E-state index in [1.165, 1.54) is 18.2 Å². The monoisotopic (exact) mass is 321 g/mol. The van der Waals surface area contributed by atoms with Crippen LogP contribution in [0.15, 0.2) is 47.5 Å². The van der Waals surface area contributed by atoms with Crippen LogP contribution in [0.2, 0.25) is 5.02 Å². The summed E-state index contributed by atoms with van der Waals surface area (Å²) < 4.78 is 13.0. The Morgan fingerprint density at radius 1 is 1.14 bits per heavy atom. The minimum absolute atomic E-state index is 0.0600. The average molecular weight is 322 g/mol. The summed E-state index contributed by atoms with van der Waals surface area (Å²) in [5.41, 5.74) is 1.60. The fourth-order valence-corrected chi connectivity index (χ4v) is 1.83. The van der Waals surface area contributed by atoms with Gasteiger partial charge in [0.25, 0.3) is 0 Å². The number of urea groups is 1. The zero-order chi connectivity index (χ0) is 15.2. The lowest BCUT2D eigenvalue weighted by Crippen LogP contribution is -2.19. The zero-order valence-electron chi connectivity index (χ0n) is 10.6. The highest BCUT2D eigenvalue weighted by molar-refractivity contribution is 7.78. The number of anilines is 2. The van der Waals surface area contributed by atoms with E-state index in [-0.39, 0.29) is 5.02 Å². The fourth-order valence-electron chi connectivity index (χ4n) is 1.54. The number of hydrogen-bond donors (Lipinski definition) is 2. The van der Waals surface area contributed by atoms with Crippen molar-refractivity contribution in [2.45, 2.75) is 0 Å². The zero-order valence-corrected chi connectivity index (χ0v) is 12.1. The number of carbonyl (C=O) groups excluding carboxylic acids is 1. The Hall–Kier alpha value is -2.27. The van der Waals surface area contributed by atoms with Gasteiger partial charge in [0.05, 0.1) is 15.9 Å². The molecule has 0 spiro atoms. The van der Waals surface area contributed by atoms with Crippen LogP contribution in [0.1, 0.15) is 0 Å². The standard InChI is InChI=1S/C14H9ClFN3OS/c15-12-7-11(5-6-13(12)16)19-14(20)18-10-3-1-9(2-4-10)17-8-21/h1-7H,(H2,18,19,20). The van der Waals surface area contributed by atoms with E-state index in [0.717, 1.165) is 0 Å². The van der Waals surface area contributed by atoms with Gasteiger partial charge >= 0.3 is 6.03 Å². The number of carbonyl (C=O) groups is 1. The minimum Gasteiger partial charge on any atom is -0.308 e. The molecule has 0 aliphatic heterocycles. The van der Waals surface area contributed by atoms with E-state index in [1.54, 1.807) is 24.3 Å². The molecule has 2 N–H and O–H groups in total. The summed E-state index contributed by atoms with van der Waals surface area (Å²) in [6, 6.07) is 10.2. The van der Waals surface area contributed by atoms with Gasteiger partial charge < -0.3 is 10.6 Å². The minimum atomic E-state index is -0.544. The van der Waals surface area contributed by atoms with Gasteiger partial charge in [-0.1, -0.05) is 11.6 Å². The van der Waals surface area contributed by atoms with Crippen molar-refractivity contribution in [3.05, 3.63) is 53.3 Å². The third-order valence-electron chi connectivity index (χ3n) is 2.48. The molecule has 21 heavy (non-hydrogen) atoms. The first kappa shape index (κ1) is 15.1. The molecule has 0 aliphatic carbocycles. The molecular formula is C14H9ClFN3OS. The molecule has 0 aliphatic rings. The van der Waals surface area contributed by atoms with Crippen LogP contribution in [-0.2, 0) is 0 Å². The maximum Gasteiger partial charge on any atom is 0.323 e. The first-order chi connectivity index (χ1) is 10.1. The van der Waals surface area contributed by atoms with E-state index in [4.69, 9.17) is 11.6 Å². The molecule has 7 heteroatoms. The van der Waals surface area contributed by atoms with E-state index in [1.807, 2.05) is 0 Å². The molecule has 2 amide bonds. The summed E-state index contributed by atoms with van der Waals surface area (Å²) in [5, 5.41) is 7.36. The molecule has 0 bridgehead atoms. The first-order valence-electron chi connectivity index (χ1n) is 5.79. The first-order valence-corrected chi connectivity index (χ1v) is 6.58. The molecule has 0 saturated heterocycles. The molecule has 0 unspecified atom stereocenters. The fraction of sp³-hybridized carbons (Fsp3) is 0. The van der Waals surface area contributed by atoms with Gasteiger partial charge in [0.2, 0.25) is 0 Å². The third-order valence-corrected chi connectivity index (χ3v) is 2.86. The molecule has 2 aromatic rings. The van der Waals surface area contributed by atoms with Crippen LogP contribution in [0.25, 0.3) is 0 Å². The van der Waals surface area contributed by atoms with Gasteiger partial charge in [0.1, 0.15) is 5.82 Å². The van der Waals surface area contributed by atoms with Crippen LogP contribution >= 0.6 is 23.8 Å². The lowest BCUT2D eigenvalue weighted by molar-refractivity contribution is 0.262. The molecule has 0 heterocycles. The largest absolute Gasteiger partial charge is 0.323 e. The molecule has 0 aromatic heterocycles. The van der Waals surface area contributed by atoms with Gasteiger partial charge in [-0.2, -0.15) is 4.99 Å². The van der Waals surface area contributed by atoms with E-state index in [9.17, 15) is 9.18 Å². The normalized spacial score (nSPS) is 9.62. The summed E-state index contributed by atoms with van der Waals surface area (Å²) in [7, 11) is 0. The summed E-state index contributed by atoms with van der Waals surface area (Å²) >= 11 is 10.1. The lowest BCUT2D eigenvalue weighted by Gasteiger charge is -2.08. The smallest absolute Gasteiger partial charge is 0.308 e. The number of thiocarbonyl (C=S) groups is 1. The number of nitrogens with one attached hydrogen (secondary N) is 2. The number of aliphatic imine (C=N–C) groups is 1. The molecule has 106 valence electrons. The van der Waals surface area contributed by atoms with Crippen molar-refractivity contribution < 1.29 is 9.18 Å². The number of hydrogen-bond acceptors (Lipinski definition) is 3. The van der Waals surface area contributed by atoms with Gasteiger partial charge in [0, 0.05) is 11.4 Å². The second-order valence-corrected chi connectivity index (χ2v) is 4.55. The third kappa shape index (κ3) is 4.36. The van der Waals surface area contributed by atoms with Gasteiger partial charge in [0.15, 0.2) is 0 Å². The topological polar surface area (TPSA) is 53.5 Å². The highest BCUT2D eigenvalue weighted by Crippen LogP contribution is 2.20. The Morgan fingerprint density at radius 3 is 2.38 bits per heavy atom. The van der Waals surface area contributed by atoms with E-state index < -0.39 is 11.8 Å². The van der Waals surface area contributed by atoms with Gasteiger partial charge in [-0.05, 0) is 54.7 Å². The second-order valence-electron chi connectivity index (χ2n) is 3.96. The number of nitrogens with zero attached hydrogens (tertiary/aromatic N) is 1. The van der Waals surface area contributed by atoms with Crippen LogP contribution < -0.4 is 10.6 Å². The van der Waals surface area contributed by atoms with Crippen LogP contribution in [0, 0.1) is 5.82 Å². The van der Waals surface area contributed by atoms with Gasteiger partial charge in [-0.15, -0.1) is 0 Å². The Bertz CT molecular complexity index is 715. The highest BCUT2D eigenvalue weighted by Gasteiger charge is 2.05. The molecule has 0 fully saturated rings. The molecule has 4 nitrogen and oxygen atoms in total. The Balaban J connectivity index is 2.00. The SMILES string of the molecule is O=C(Nc1ccc(N=C=S)cc1)Nc1ccc(F)c(Cl)c1. The van der Waals surface area contributed by atoms with Crippen LogP contribution in [-0.4, -0.2) is 11.2 Å². The van der Waals surface area contributed by atoms with Crippen molar-refractivity contribution in [2.24, 2.45) is 4.99 Å². The summed E-state index contributed by atoms with van der Waals surface area (Å²) in [5.74, 6) is -0.544. The number of rotatable bonds is 3. The van der Waals surface area contributed by atoms with Crippen molar-refractivity contribution >= 4 is 52.1 Å². The summed E-state index contributed by atoms with van der Waals surface area (Å²) in [6.07, 6.45) is 0. The number of benzene rings is 2. The maximum atomic E-state index is 13.0. The summed E-state index contributed by atoms with van der Waals surface area (Å²) in [4.78, 5) is 15.6. The van der Waals surface area contributed by atoms with Crippen LogP contribution in [0.3, 0.4) is 0 Å². The second kappa shape index (κ2) is 6.95. The number of isothiocyanates is 1. The van der Waals surface area contributed by atoms with Crippen LogP contribution in [0.5, 0.6) is 0 Å². The Labute approximate surface area is 130 Å². The highest BCUT2D eigenvalue weighted by atomic mass is 35.5. The number of halogens is 2. The van der Waals surface area contributed by atoms with E-state index in [0.29, 0.717) is 17.1 Å². The van der Waals surface area contributed by atoms with Crippen molar-refractivity contribution in [3.63, 3.8) is 0 Å². The van der Waals surface area contributed by atoms with E-state index in [2.05, 4.69) is 33.0 Å². The average Bonchev–Trinajstić information content (AvgIpc) is 2.45. The Kier molecular flexibility index (Phi) is 5.00. The molecule has 0 radical (unpaired) electrons. The quantitative estimate of drug-likeness (QED) is 0.626. The molecular weight excluding hydrogens is 313 g/mol. The molecule has 2 rings (SSSR count). The number of amides is 2. The Morgan fingerprint density at radius 2 is 1.76 bits per heavy atom. The predicted octanol–water partition coefficient (Wildman–Crippen LogP) is 4.86.